The molecule has 1 rings (SSSR count). The molecule has 1 fully saturated rings. The Kier molecular flexibility index (Phi) is 5.40. The fourth-order valence-electron chi connectivity index (χ4n) is 2.84. The largest absolute Gasteiger partial charge is 0.481 e. The standard InChI is InChI=1S/C13H25NO3/c1-14(2)9-8-13(10-15,12(16)17)11-6-4-3-5-7-11/h11,15H,3-10H2,1-2H3,(H,16,17). The number of carboxylic acids is 1. The van der Waals surface area contributed by atoms with Gasteiger partial charge in [0.2, 0.25) is 0 Å². The Morgan fingerprint density at radius 2 is 1.88 bits per heavy atom. The van der Waals surface area contributed by atoms with Crippen LogP contribution in [0.25, 0.3) is 0 Å². The molecule has 0 aromatic rings. The van der Waals surface area contributed by atoms with E-state index in [2.05, 4.69) is 0 Å². The molecule has 0 bridgehead atoms. The summed E-state index contributed by atoms with van der Waals surface area (Å²) < 4.78 is 0. The van der Waals surface area contributed by atoms with Crippen molar-refractivity contribution in [2.75, 3.05) is 27.2 Å². The summed E-state index contributed by atoms with van der Waals surface area (Å²) in [7, 11) is 3.87. The van der Waals surface area contributed by atoms with E-state index in [-0.39, 0.29) is 12.5 Å². The molecular weight excluding hydrogens is 218 g/mol. The van der Waals surface area contributed by atoms with Crippen LogP contribution < -0.4 is 0 Å². The first kappa shape index (κ1) is 14.5. The maximum Gasteiger partial charge on any atom is 0.312 e. The van der Waals surface area contributed by atoms with Crippen molar-refractivity contribution in [3.05, 3.63) is 0 Å². The molecule has 0 heterocycles. The van der Waals surface area contributed by atoms with Crippen LogP contribution >= 0.6 is 0 Å². The van der Waals surface area contributed by atoms with Gasteiger partial charge in [-0.2, -0.15) is 0 Å². The second kappa shape index (κ2) is 6.36. The fraction of sp³-hybridized carbons (Fsp3) is 0.923. The van der Waals surface area contributed by atoms with Gasteiger partial charge in [-0.25, -0.2) is 0 Å². The van der Waals surface area contributed by atoms with Crippen LogP contribution in [-0.2, 0) is 4.79 Å². The Morgan fingerprint density at radius 1 is 1.29 bits per heavy atom. The van der Waals surface area contributed by atoms with E-state index in [9.17, 15) is 15.0 Å². The molecule has 1 saturated carbocycles. The summed E-state index contributed by atoms with van der Waals surface area (Å²) in [5, 5.41) is 19.1. The zero-order valence-corrected chi connectivity index (χ0v) is 11.0. The minimum Gasteiger partial charge on any atom is -0.481 e. The van der Waals surface area contributed by atoms with Gasteiger partial charge < -0.3 is 15.1 Å². The second-order valence-corrected chi connectivity index (χ2v) is 5.51. The van der Waals surface area contributed by atoms with E-state index in [1.807, 2.05) is 19.0 Å². The van der Waals surface area contributed by atoms with Gasteiger partial charge in [-0.15, -0.1) is 0 Å². The first-order chi connectivity index (χ1) is 8.03. The highest BCUT2D eigenvalue weighted by Gasteiger charge is 2.45. The van der Waals surface area contributed by atoms with E-state index >= 15 is 0 Å². The quantitative estimate of drug-likeness (QED) is 0.743. The molecule has 1 unspecified atom stereocenters. The summed E-state index contributed by atoms with van der Waals surface area (Å²) >= 11 is 0. The molecule has 4 nitrogen and oxygen atoms in total. The second-order valence-electron chi connectivity index (χ2n) is 5.51. The lowest BCUT2D eigenvalue weighted by molar-refractivity contribution is -0.158. The molecule has 0 aliphatic heterocycles. The number of aliphatic hydroxyl groups is 1. The lowest BCUT2D eigenvalue weighted by Crippen LogP contribution is -2.44. The van der Waals surface area contributed by atoms with Crippen LogP contribution in [0.3, 0.4) is 0 Å². The van der Waals surface area contributed by atoms with Gasteiger partial charge in [-0.3, -0.25) is 4.79 Å². The lowest BCUT2D eigenvalue weighted by atomic mass is 9.67. The van der Waals surface area contributed by atoms with Crippen LogP contribution in [0.2, 0.25) is 0 Å². The Balaban J connectivity index is 2.78. The van der Waals surface area contributed by atoms with Crippen LogP contribution in [0.4, 0.5) is 0 Å². The number of hydrogen-bond donors (Lipinski definition) is 2. The van der Waals surface area contributed by atoms with Crippen LogP contribution in [0, 0.1) is 11.3 Å². The van der Waals surface area contributed by atoms with E-state index in [1.165, 1.54) is 6.42 Å². The molecule has 0 saturated heterocycles. The summed E-state index contributed by atoms with van der Waals surface area (Å²) in [4.78, 5) is 13.6. The van der Waals surface area contributed by atoms with Crippen molar-refractivity contribution in [3.63, 3.8) is 0 Å². The molecule has 1 aliphatic carbocycles. The molecule has 17 heavy (non-hydrogen) atoms. The summed E-state index contributed by atoms with van der Waals surface area (Å²) in [6, 6.07) is 0. The van der Waals surface area contributed by atoms with E-state index in [1.54, 1.807) is 0 Å². The molecule has 0 aromatic carbocycles. The summed E-state index contributed by atoms with van der Waals surface area (Å²) in [6.07, 6.45) is 5.83. The van der Waals surface area contributed by atoms with Crippen molar-refractivity contribution in [1.82, 2.24) is 4.90 Å². The minimum absolute atomic E-state index is 0.138. The van der Waals surface area contributed by atoms with Gasteiger partial charge in [0, 0.05) is 0 Å². The van der Waals surface area contributed by atoms with Crippen molar-refractivity contribution < 1.29 is 15.0 Å². The van der Waals surface area contributed by atoms with Gasteiger partial charge in [0.1, 0.15) is 0 Å². The molecule has 0 aromatic heterocycles. The van der Waals surface area contributed by atoms with Crippen molar-refractivity contribution >= 4 is 5.97 Å². The van der Waals surface area contributed by atoms with Gasteiger partial charge in [0.25, 0.3) is 0 Å². The molecule has 4 heteroatoms. The minimum atomic E-state index is -0.926. The third-order valence-electron chi connectivity index (χ3n) is 4.10. The number of carbonyl (C=O) groups is 1. The average Bonchev–Trinajstić information content (AvgIpc) is 2.31. The fourth-order valence-corrected chi connectivity index (χ4v) is 2.84. The van der Waals surface area contributed by atoms with Crippen LogP contribution in [0.1, 0.15) is 38.5 Å². The van der Waals surface area contributed by atoms with Gasteiger partial charge >= 0.3 is 5.97 Å². The van der Waals surface area contributed by atoms with Crippen LogP contribution in [0.5, 0.6) is 0 Å². The van der Waals surface area contributed by atoms with Crippen LogP contribution in [0.15, 0.2) is 0 Å². The van der Waals surface area contributed by atoms with E-state index < -0.39 is 11.4 Å². The average molecular weight is 243 g/mol. The molecule has 1 atom stereocenters. The third-order valence-corrected chi connectivity index (χ3v) is 4.10. The smallest absolute Gasteiger partial charge is 0.312 e. The number of aliphatic carboxylic acids is 1. The first-order valence-corrected chi connectivity index (χ1v) is 6.52. The molecule has 0 amide bonds. The Hall–Kier alpha value is -0.610. The highest BCUT2D eigenvalue weighted by molar-refractivity contribution is 5.75. The number of aliphatic hydroxyl groups excluding tert-OH is 1. The number of nitrogens with zero attached hydrogens (tertiary/aromatic N) is 1. The van der Waals surface area contributed by atoms with E-state index in [4.69, 9.17) is 0 Å². The zero-order chi connectivity index (χ0) is 12.9. The highest BCUT2D eigenvalue weighted by Crippen LogP contribution is 2.41. The summed E-state index contributed by atoms with van der Waals surface area (Å²) in [5.74, 6) is -0.688. The first-order valence-electron chi connectivity index (χ1n) is 6.52. The van der Waals surface area contributed by atoms with Gasteiger partial charge in [-0.05, 0) is 45.8 Å². The third kappa shape index (κ3) is 3.42. The maximum atomic E-state index is 11.6. The van der Waals surface area contributed by atoms with Gasteiger partial charge in [-0.1, -0.05) is 19.3 Å². The number of hydrogen-bond acceptors (Lipinski definition) is 3. The topological polar surface area (TPSA) is 60.8 Å². The van der Waals surface area contributed by atoms with Crippen LogP contribution in [-0.4, -0.2) is 48.3 Å². The zero-order valence-electron chi connectivity index (χ0n) is 11.0. The summed E-state index contributed by atoms with van der Waals surface area (Å²) in [6.45, 7) is 0.476. The monoisotopic (exact) mass is 243 g/mol. The number of carboxylic acid groups (broad SMARTS) is 1. The maximum absolute atomic E-state index is 11.6. The van der Waals surface area contributed by atoms with Crippen molar-refractivity contribution in [1.29, 1.82) is 0 Å². The lowest BCUT2D eigenvalue weighted by Gasteiger charge is -2.38. The van der Waals surface area contributed by atoms with Crippen molar-refractivity contribution in [2.45, 2.75) is 38.5 Å². The van der Waals surface area contributed by atoms with Crippen molar-refractivity contribution in [3.8, 4) is 0 Å². The molecular formula is C13H25NO3. The predicted molar refractivity (Wildman–Crippen MR) is 66.9 cm³/mol. The summed E-state index contributed by atoms with van der Waals surface area (Å²) in [5.41, 5.74) is -0.926. The SMILES string of the molecule is CN(C)CCC(CO)(C(=O)O)C1CCCCC1. The van der Waals surface area contributed by atoms with Gasteiger partial charge in [0.15, 0.2) is 0 Å². The highest BCUT2D eigenvalue weighted by atomic mass is 16.4. The van der Waals surface area contributed by atoms with Gasteiger partial charge in [0.05, 0.1) is 12.0 Å². The Morgan fingerprint density at radius 3 is 2.29 bits per heavy atom. The number of rotatable bonds is 6. The molecule has 0 spiro atoms. The molecule has 100 valence electrons. The Bertz CT molecular complexity index is 249. The molecule has 2 N–H and O–H groups in total. The molecule has 0 radical (unpaired) electrons. The predicted octanol–water partition coefficient (Wildman–Crippen LogP) is 1.58. The molecule has 1 aliphatic rings. The van der Waals surface area contributed by atoms with Crippen molar-refractivity contribution in [2.24, 2.45) is 11.3 Å². The van der Waals surface area contributed by atoms with E-state index in [0.717, 1.165) is 25.7 Å². The van der Waals surface area contributed by atoms with E-state index in [0.29, 0.717) is 13.0 Å². The normalized spacial score (nSPS) is 21.4. The Labute approximate surface area is 104 Å².